The summed E-state index contributed by atoms with van der Waals surface area (Å²) in [5, 5.41) is 0.734. The predicted octanol–water partition coefficient (Wildman–Crippen LogP) is 3.12. The number of nitrogens with zero attached hydrogens (tertiary/aromatic N) is 1. The summed E-state index contributed by atoms with van der Waals surface area (Å²) in [4.78, 5) is 2.23. The highest BCUT2D eigenvalue weighted by Crippen LogP contribution is 2.24. The standard InChI is InChI=1S/C16H22ClNO2S/c1-3-8-18(16-7-9-21(19,20)12-16)11-13(2)14-5-4-6-15(17)10-14/h3-6,10,13,16H,1,7-9,11-12H2,2H3/t13-,16+/m0/s1. The molecule has 1 aromatic carbocycles. The second kappa shape index (κ2) is 6.95. The SMILES string of the molecule is C=CCN(C[C@H](C)c1cccc(Cl)c1)[C@@H]1CCS(=O)(=O)C1. The van der Waals surface area contributed by atoms with E-state index in [-0.39, 0.29) is 11.8 Å². The molecular formula is C16H22ClNO2S. The largest absolute Gasteiger partial charge is 0.295 e. The van der Waals surface area contributed by atoms with E-state index in [0.717, 1.165) is 18.0 Å². The molecule has 0 N–H and O–H groups in total. The third kappa shape index (κ3) is 4.56. The Hall–Kier alpha value is -0.840. The Morgan fingerprint density at radius 2 is 2.29 bits per heavy atom. The molecule has 1 aromatic rings. The van der Waals surface area contributed by atoms with E-state index >= 15 is 0 Å². The molecule has 1 fully saturated rings. The number of hydrogen-bond acceptors (Lipinski definition) is 3. The number of benzene rings is 1. The normalized spacial score (nSPS) is 22.3. The number of halogens is 1. The van der Waals surface area contributed by atoms with Gasteiger partial charge in [0, 0.05) is 24.2 Å². The summed E-state index contributed by atoms with van der Waals surface area (Å²) in [5.74, 6) is 0.868. The summed E-state index contributed by atoms with van der Waals surface area (Å²) >= 11 is 6.04. The minimum absolute atomic E-state index is 0.106. The van der Waals surface area contributed by atoms with Crippen LogP contribution in [-0.2, 0) is 9.84 Å². The number of rotatable bonds is 6. The van der Waals surface area contributed by atoms with Crippen molar-refractivity contribution < 1.29 is 8.42 Å². The van der Waals surface area contributed by atoms with Gasteiger partial charge in [0.1, 0.15) is 0 Å². The van der Waals surface area contributed by atoms with Gasteiger partial charge >= 0.3 is 0 Å². The maximum atomic E-state index is 11.7. The van der Waals surface area contributed by atoms with Gasteiger partial charge in [-0.2, -0.15) is 0 Å². The van der Waals surface area contributed by atoms with Crippen LogP contribution < -0.4 is 0 Å². The van der Waals surface area contributed by atoms with Crippen molar-refractivity contribution in [1.82, 2.24) is 4.90 Å². The molecule has 5 heteroatoms. The highest BCUT2D eigenvalue weighted by molar-refractivity contribution is 7.91. The van der Waals surface area contributed by atoms with E-state index in [4.69, 9.17) is 11.6 Å². The average Bonchev–Trinajstić information content (AvgIpc) is 2.78. The Balaban J connectivity index is 2.07. The Morgan fingerprint density at radius 1 is 1.52 bits per heavy atom. The van der Waals surface area contributed by atoms with Gasteiger partial charge in [0.2, 0.25) is 0 Å². The van der Waals surface area contributed by atoms with Crippen molar-refractivity contribution in [2.75, 3.05) is 24.6 Å². The van der Waals surface area contributed by atoms with Crippen LogP contribution in [0.15, 0.2) is 36.9 Å². The molecule has 0 aromatic heterocycles. The smallest absolute Gasteiger partial charge is 0.151 e. The fraction of sp³-hybridized carbons (Fsp3) is 0.500. The molecule has 2 rings (SSSR count). The fourth-order valence-electron chi connectivity index (χ4n) is 2.87. The highest BCUT2D eigenvalue weighted by atomic mass is 35.5. The van der Waals surface area contributed by atoms with Gasteiger partial charge in [-0.05, 0) is 30.0 Å². The topological polar surface area (TPSA) is 37.4 Å². The maximum Gasteiger partial charge on any atom is 0.151 e. The zero-order valence-electron chi connectivity index (χ0n) is 12.3. The molecule has 1 aliphatic rings. The molecule has 21 heavy (non-hydrogen) atoms. The molecule has 0 radical (unpaired) electrons. The highest BCUT2D eigenvalue weighted by Gasteiger charge is 2.32. The van der Waals surface area contributed by atoms with Gasteiger partial charge in [-0.25, -0.2) is 8.42 Å². The lowest BCUT2D eigenvalue weighted by Gasteiger charge is -2.29. The van der Waals surface area contributed by atoms with Gasteiger partial charge in [0.25, 0.3) is 0 Å². The van der Waals surface area contributed by atoms with E-state index in [1.54, 1.807) is 0 Å². The van der Waals surface area contributed by atoms with E-state index < -0.39 is 9.84 Å². The lowest BCUT2D eigenvalue weighted by Crippen LogP contribution is -2.38. The summed E-state index contributed by atoms with van der Waals surface area (Å²) in [6.07, 6.45) is 2.56. The van der Waals surface area contributed by atoms with Crippen LogP contribution in [0.3, 0.4) is 0 Å². The van der Waals surface area contributed by atoms with Crippen molar-refractivity contribution >= 4 is 21.4 Å². The molecule has 0 saturated carbocycles. The lowest BCUT2D eigenvalue weighted by atomic mass is 10.00. The molecule has 1 aliphatic heterocycles. The summed E-state index contributed by atoms with van der Waals surface area (Å²) in [6, 6.07) is 7.96. The molecule has 0 spiro atoms. The third-order valence-electron chi connectivity index (χ3n) is 4.01. The first-order chi connectivity index (χ1) is 9.91. The van der Waals surface area contributed by atoms with Crippen molar-refractivity contribution in [3.8, 4) is 0 Å². The second-order valence-electron chi connectivity index (χ2n) is 5.76. The van der Waals surface area contributed by atoms with Crippen LogP contribution in [0.1, 0.15) is 24.8 Å². The van der Waals surface area contributed by atoms with Gasteiger partial charge in [-0.1, -0.05) is 36.7 Å². The zero-order valence-corrected chi connectivity index (χ0v) is 13.9. The monoisotopic (exact) mass is 327 g/mol. The summed E-state index contributed by atoms with van der Waals surface area (Å²) in [6.45, 7) is 7.46. The van der Waals surface area contributed by atoms with Gasteiger partial charge in [0.15, 0.2) is 9.84 Å². The van der Waals surface area contributed by atoms with Crippen LogP contribution in [0.4, 0.5) is 0 Å². The Labute approximate surface area is 132 Å². The maximum absolute atomic E-state index is 11.7. The molecule has 0 unspecified atom stereocenters. The first-order valence-corrected chi connectivity index (χ1v) is 9.42. The number of sulfone groups is 1. The molecule has 2 atom stereocenters. The third-order valence-corrected chi connectivity index (χ3v) is 6.00. The molecule has 0 aliphatic carbocycles. The molecule has 1 heterocycles. The summed E-state index contributed by atoms with van der Waals surface area (Å²) in [5.41, 5.74) is 1.18. The fourth-order valence-corrected chi connectivity index (χ4v) is 4.83. The lowest BCUT2D eigenvalue weighted by molar-refractivity contribution is 0.224. The average molecular weight is 328 g/mol. The van der Waals surface area contributed by atoms with Crippen LogP contribution in [0, 0.1) is 0 Å². The minimum Gasteiger partial charge on any atom is -0.295 e. The van der Waals surface area contributed by atoms with E-state index in [1.165, 1.54) is 5.56 Å². The molecule has 0 amide bonds. The van der Waals surface area contributed by atoms with Crippen LogP contribution >= 0.6 is 11.6 Å². The molecule has 116 valence electrons. The van der Waals surface area contributed by atoms with Crippen LogP contribution in [0.5, 0.6) is 0 Å². The van der Waals surface area contributed by atoms with E-state index in [1.807, 2.05) is 24.3 Å². The Bertz CT molecular complexity index is 600. The number of hydrogen-bond donors (Lipinski definition) is 0. The zero-order chi connectivity index (χ0) is 15.5. The van der Waals surface area contributed by atoms with Crippen LogP contribution in [0.2, 0.25) is 5.02 Å². The summed E-state index contributed by atoms with van der Waals surface area (Å²) < 4.78 is 23.4. The Kier molecular flexibility index (Phi) is 5.47. The van der Waals surface area contributed by atoms with Crippen molar-refractivity contribution in [2.24, 2.45) is 0 Å². The van der Waals surface area contributed by atoms with E-state index in [0.29, 0.717) is 18.2 Å². The minimum atomic E-state index is -2.86. The van der Waals surface area contributed by atoms with Crippen LogP contribution in [-0.4, -0.2) is 44.0 Å². The second-order valence-corrected chi connectivity index (χ2v) is 8.42. The van der Waals surface area contributed by atoms with Crippen LogP contribution in [0.25, 0.3) is 0 Å². The first kappa shape index (κ1) is 16.5. The predicted molar refractivity (Wildman–Crippen MR) is 88.7 cm³/mol. The molecule has 3 nitrogen and oxygen atoms in total. The van der Waals surface area contributed by atoms with Gasteiger partial charge in [0.05, 0.1) is 11.5 Å². The van der Waals surface area contributed by atoms with E-state index in [2.05, 4.69) is 24.5 Å². The molecule has 0 bridgehead atoms. The summed E-state index contributed by atoms with van der Waals surface area (Å²) in [7, 11) is -2.86. The first-order valence-electron chi connectivity index (χ1n) is 7.22. The van der Waals surface area contributed by atoms with Gasteiger partial charge in [-0.15, -0.1) is 6.58 Å². The molecule has 1 saturated heterocycles. The van der Waals surface area contributed by atoms with Crippen molar-refractivity contribution in [1.29, 1.82) is 0 Å². The van der Waals surface area contributed by atoms with E-state index in [9.17, 15) is 8.42 Å². The molecular weight excluding hydrogens is 306 g/mol. The van der Waals surface area contributed by atoms with Crippen molar-refractivity contribution in [3.05, 3.63) is 47.5 Å². The van der Waals surface area contributed by atoms with Crippen molar-refractivity contribution in [3.63, 3.8) is 0 Å². The van der Waals surface area contributed by atoms with Gasteiger partial charge in [-0.3, -0.25) is 4.90 Å². The van der Waals surface area contributed by atoms with Crippen molar-refractivity contribution in [2.45, 2.75) is 25.3 Å². The van der Waals surface area contributed by atoms with Gasteiger partial charge < -0.3 is 0 Å². The Morgan fingerprint density at radius 3 is 2.86 bits per heavy atom. The quantitative estimate of drug-likeness (QED) is 0.753.